The van der Waals surface area contributed by atoms with Crippen molar-refractivity contribution in [1.29, 1.82) is 0 Å². The first-order chi connectivity index (χ1) is 11.3. The largest absolute Gasteiger partial charge is 0.463 e. The second-order valence-corrected chi connectivity index (χ2v) is 6.63. The van der Waals surface area contributed by atoms with E-state index in [1.165, 1.54) is 0 Å². The summed E-state index contributed by atoms with van der Waals surface area (Å²) in [5.74, 6) is 2.55. The molecule has 7 heteroatoms. The topological polar surface area (TPSA) is 79.0 Å². The van der Waals surface area contributed by atoms with E-state index >= 15 is 0 Å². The van der Waals surface area contributed by atoms with Crippen LogP contribution in [0.2, 0.25) is 0 Å². The number of nitrogens with one attached hydrogen (secondary N) is 2. The minimum Gasteiger partial charge on any atom is -0.463 e. The molecule has 0 saturated carbocycles. The molecule has 0 aromatic carbocycles. The molecule has 0 saturated heterocycles. The molecular weight excluding hydrogens is 433 g/mol. The lowest BCUT2D eigenvalue weighted by molar-refractivity contribution is 0.0428. The standard InChI is InChI=1S/C18H33N3O3.HI/c1-6-19-17(20-10-7-11-23-12-14(2)3)21-13-18(5,22)16-9-8-15(4)24-16;/h8-9,14,22H,6-7,10-13H2,1-5H3,(H2,19,20,21);1H. The lowest BCUT2D eigenvalue weighted by atomic mass is 10.0. The minimum atomic E-state index is -1.13. The Bertz CT molecular complexity index is 502. The van der Waals surface area contributed by atoms with Crippen LogP contribution >= 0.6 is 24.0 Å². The average Bonchev–Trinajstić information content (AvgIpc) is 2.95. The highest BCUT2D eigenvalue weighted by atomic mass is 127. The molecule has 25 heavy (non-hydrogen) atoms. The van der Waals surface area contributed by atoms with Gasteiger partial charge < -0.3 is 24.9 Å². The summed E-state index contributed by atoms with van der Waals surface area (Å²) < 4.78 is 11.1. The summed E-state index contributed by atoms with van der Waals surface area (Å²) >= 11 is 0. The van der Waals surface area contributed by atoms with Gasteiger partial charge in [0.05, 0.1) is 6.54 Å². The molecule has 0 spiro atoms. The second kappa shape index (κ2) is 12.5. The first-order valence-electron chi connectivity index (χ1n) is 8.74. The zero-order chi connectivity index (χ0) is 18.0. The summed E-state index contributed by atoms with van der Waals surface area (Å²) in [5.41, 5.74) is -1.13. The van der Waals surface area contributed by atoms with Crippen molar-refractivity contribution in [3.63, 3.8) is 0 Å². The van der Waals surface area contributed by atoms with Crippen LogP contribution in [0.25, 0.3) is 0 Å². The quantitative estimate of drug-likeness (QED) is 0.213. The van der Waals surface area contributed by atoms with Gasteiger partial charge in [0.2, 0.25) is 0 Å². The maximum Gasteiger partial charge on any atom is 0.191 e. The number of nitrogens with zero attached hydrogens (tertiary/aromatic N) is 1. The van der Waals surface area contributed by atoms with Gasteiger partial charge >= 0.3 is 0 Å². The van der Waals surface area contributed by atoms with Gasteiger partial charge in [-0.05, 0) is 45.2 Å². The van der Waals surface area contributed by atoms with Crippen LogP contribution in [-0.4, -0.2) is 43.9 Å². The number of ether oxygens (including phenoxy) is 1. The van der Waals surface area contributed by atoms with Crippen LogP contribution in [0.4, 0.5) is 0 Å². The molecular formula is C18H34IN3O3. The molecule has 0 bridgehead atoms. The van der Waals surface area contributed by atoms with Gasteiger partial charge in [0.25, 0.3) is 0 Å². The summed E-state index contributed by atoms with van der Waals surface area (Å²) in [7, 11) is 0. The van der Waals surface area contributed by atoms with Gasteiger partial charge in [-0.15, -0.1) is 24.0 Å². The van der Waals surface area contributed by atoms with Crippen LogP contribution in [0.5, 0.6) is 0 Å². The Morgan fingerprint density at radius 1 is 1.36 bits per heavy atom. The fraction of sp³-hybridized carbons (Fsp3) is 0.722. The number of hydrogen-bond donors (Lipinski definition) is 3. The molecule has 0 radical (unpaired) electrons. The third kappa shape index (κ3) is 10.1. The van der Waals surface area contributed by atoms with Crippen LogP contribution in [-0.2, 0) is 10.3 Å². The summed E-state index contributed by atoms with van der Waals surface area (Å²) in [6.07, 6.45) is 0.908. The Balaban J connectivity index is 0.00000576. The molecule has 1 rings (SSSR count). The van der Waals surface area contributed by atoms with E-state index in [2.05, 4.69) is 29.5 Å². The van der Waals surface area contributed by atoms with Crippen molar-refractivity contribution in [3.05, 3.63) is 23.7 Å². The SMILES string of the molecule is CCNC(=NCC(C)(O)c1ccc(C)o1)NCCCOCC(C)C.I. The highest BCUT2D eigenvalue weighted by Gasteiger charge is 2.26. The zero-order valence-electron chi connectivity index (χ0n) is 16.1. The minimum absolute atomic E-state index is 0. The summed E-state index contributed by atoms with van der Waals surface area (Å²) in [6, 6.07) is 3.63. The van der Waals surface area contributed by atoms with E-state index in [0.717, 1.165) is 38.5 Å². The van der Waals surface area contributed by atoms with E-state index in [1.54, 1.807) is 13.0 Å². The third-order valence-corrected chi connectivity index (χ3v) is 3.37. The van der Waals surface area contributed by atoms with Crippen molar-refractivity contribution in [3.8, 4) is 0 Å². The lowest BCUT2D eigenvalue weighted by Gasteiger charge is -2.19. The number of rotatable bonds is 10. The molecule has 1 aromatic rings. The van der Waals surface area contributed by atoms with E-state index in [-0.39, 0.29) is 30.5 Å². The van der Waals surface area contributed by atoms with Crippen molar-refractivity contribution < 1.29 is 14.3 Å². The highest BCUT2D eigenvalue weighted by molar-refractivity contribution is 14.0. The number of aryl methyl sites for hydroxylation is 1. The molecule has 1 aromatic heterocycles. The number of aliphatic hydroxyl groups is 1. The van der Waals surface area contributed by atoms with Gasteiger partial charge in [0.15, 0.2) is 5.96 Å². The van der Waals surface area contributed by atoms with Crippen molar-refractivity contribution in [2.75, 3.05) is 32.8 Å². The monoisotopic (exact) mass is 467 g/mol. The van der Waals surface area contributed by atoms with E-state index in [9.17, 15) is 5.11 Å². The molecule has 3 N–H and O–H groups in total. The molecule has 0 fully saturated rings. The lowest BCUT2D eigenvalue weighted by Crippen LogP contribution is -2.39. The van der Waals surface area contributed by atoms with Gasteiger partial charge in [-0.1, -0.05) is 13.8 Å². The van der Waals surface area contributed by atoms with Crippen LogP contribution < -0.4 is 10.6 Å². The summed E-state index contributed by atoms with van der Waals surface area (Å²) in [4.78, 5) is 4.46. The van der Waals surface area contributed by atoms with Gasteiger partial charge in [0, 0.05) is 26.3 Å². The van der Waals surface area contributed by atoms with Gasteiger partial charge in [-0.3, -0.25) is 0 Å². The maximum absolute atomic E-state index is 10.5. The van der Waals surface area contributed by atoms with Crippen molar-refractivity contribution >= 4 is 29.9 Å². The van der Waals surface area contributed by atoms with Gasteiger partial charge in [-0.2, -0.15) is 0 Å². The molecule has 0 aliphatic rings. The van der Waals surface area contributed by atoms with Crippen LogP contribution in [0.3, 0.4) is 0 Å². The van der Waals surface area contributed by atoms with E-state index in [1.807, 2.05) is 19.9 Å². The summed E-state index contributed by atoms with van der Waals surface area (Å²) in [5, 5.41) is 17.0. The number of hydrogen-bond acceptors (Lipinski definition) is 4. The third-order valence-electron chi connectivity index (χ3n) is 3.37. The predicted molar refractivity (Wildman–Crippen MR) is 113 cm³/mol. The maximum atomic E-state index is 10.5. The summed E-state index contributed by atoms with van der Waals surface area (Å²) in [6.45, 7) is 13.1. The van der Waals surface area contributed by atoms with E-state index in [4.69, 9.17) is 9.15 Å². The molecule has 1 atom stereocenters. The predicted octanol–water partition coefficient (Wildman–Crippen LogP) is 3.03. The van der Waals surface area contributed by atoms with Crippen molar-refractivity contribution in [2.24, 2.45) is 10.9 Å². The number of halogens is 1. The van der Waals surface area contributed by atoms with Crippen LogP contribution in [0.15, 0.2) is 21.5 Å². The Hall–Kier alpha value is -0.800. The fourth-order valence-corrected chi connectivity index (χ4v) is 2.08. The normalized spacial score (nSPS) is 14.1. The highest BCUT2D eigenvalue weighted by Crippen LogP contribution is 2.22. The fourth-order valence-electron chi connectivity index (χ4n) is 2.08. The smallest absolute Gasteiger partial charge is 0.191 e. The molecule has 146 valence electrons. The van der Waals surface area contributed by atoms with Gasteiger partial charge in [-0.25, -0.2) is 4.99 Å². The van der Waals surface area contributed by atoms with Gasteiger partial charge in [0.1, 0.15) is 17.1 Å². The van der Waals surface area contributed by atoms with Crippen molar-refractivity contribution in [2.45, 2.75) is 46.6 Å². The number of guanidine groups is 1. The molecule has 6 nitrogen and oxygen atoms in total. The first kappa shape index (κ1) is 24.2. The zero-order valence-corrected chi connectivity index (χ0v) is 18.4. The molecule has 0 aliphatic heterocycles. The molecule has 1 unspecified atom stereocenters. The Kier molecular flexibility index (Phi) is 12.1. The Morgan fingerprint density at radius 3 is 2.64 bits per heavy atom. The van der Waals surface area contributed by atoms with E-state index < -0.39 is 5.60 Å². The van der Waals surface area contributed by atoms with Crippen LogP contribution in [0, 0.1) is 12.8 Å². The van der Waals surface area contributed by atoms with E-state index in [0.29, 0.717) is 17.6 Å². The number of aliphatic imine (C=N–C) groups is 1. The first-order valence-corrected chi connectivity index (χ1v) is 8.74. The molecule has 1 heterocycles. The average molecular weight is 467 g/mol. The molecule has 0 amide bonds. The second-order valence-electron chi connectivity index (χ2n) is 6.63. The van der Waals surface area contributed by atoms with Crippen molar-refractivity contribution in [1.82, 2.24) is 10.6 Å². The Labute approximate surface area is 168 Å². The van der Waals surface area contributed by atoms with Crippen LogP contribution in [0.1, 0.15) is 45.6 Å². The molecule has 0 aliphatic carbocycles. The number of furan rings is 1. The Morgan fingerprint density at radius 2 is 2.08 bits per heavy atom.